The summed E-state index contributed by atoms with van der Waals surface area (Å²) >= 11 is 5.90. The van der Waals surface area contributed by atoms with E-state index in [-0.39, 0.29) is 11.1 Å². The number of rotatable bonds is 5. The molecule has 0 aliphatic carbocycles. The van der Waals surface area contributed by atoms with E-state index < -0.39 is 0 Å². The summed E-state index contributed by atoms with van der Waals surface area (Å²) in [6, 6.07) is 7.40. The zero-order valence-corrected chi connectivity index (χ0v) is 18.3. The largest absolute Gasteiger partial charge is 0.492 e. The van der Waals surface area contributed by atoms with Crippen molar-refractivity contribution in [3.8, 4) is 5.75 Å². The Bertz CT molecular complexity index is 1060. The van der Waals surface area contributed by atoms with Crippen LogP contribution in [0.3, 0.4) is 0 Å². The van der Waals surface area contributed by atoms with Crippen LogP contribution in [0.2, 0.25) is 5.02 Å². The molecule has 4 rings (SSSR count). The van der Waals surface area contributed by atoms with Crippen LogP contribution in [0.4, 0.5) is 5.95 Å². The second kappa shape index (κ2) is 8.28. The molecule has 9 heteroatoms. The Kier molecular flexibility index (Phi) is 5.71. The number of aromatic nitrogens is 4. The molecule has 0 saturated carbocycles. The molecule has 0 spiro atoms. The third-order valence-corrected chi connectivity index (χ3v) is 5.47. The van der Waals surface area contributed by atoms with Gasteiger partial charge in [-0.1, -0.05) is 11.6 Å². The first kappa shape index (κ1) is 20.7. The predicted octanol–water partition coefficient (Wildman–Crippen LogP) is 2.73. The number of nitrogens with zero attached hydrogens (tertiary/aromatic N) is 5. The molecule has 3 heterocycles. The molecule has 8 nitrogen and oxygen atoms in total. The monoisotopic (exact) mass is 430 g/mol. The molecule has 0 atom stereocenters. The van der Waals surface area contributed by atoms with E-state index >= 15 is 0 Å². The first-order valence-electron chi connectivity index (χ1n) is 10.2. The quantitative estimate of drug-likeness (QED) is 0.670. The first-order valence-corrected chi connectivity index (χ1v) is 10.5. The number of aromatic amines is 1. The van der Waals surface area contributed by atoms with Crippen molar-refractivity contribution in [3.63, 3.8) is 0 Å². The molecule has 0 bridgehead atoms. The van der Waals surface area contributed by atoms with Gasteiger partial charge >= 0.3 is 0 Å². The number of hydrogen-bond donors (Lipinski definition) is 1. The van der Waals surface area contributed by atoms with Crippen LogP contribution in [0.5, 0.6) is 5.75 Å². The maximum Gasteiger partial charge on any atom is 0.263 e. The van der Waals surface area contributed by atoms with Crippen LogP contribution < -0.4 is 15.2 Å². The third kappa shape index (κ3) is 4.44. The Morgan fingerprint density at radius 3 is 2.50 bits per heavy atom. The van der Waals surface area contributed by atoms with Crippen LogP contribution in [0, 0.1) is 0 Å². The van der Waals surface area contributed by atoms with Gasteiger partial charge in [-0.25, -0.2) is 4.68 Å². The molecule has 1 saturated heterocycles. The van der Waals surface area contributed by atoms with Crippen molar-refractivity contribution >= 4 is 28.6 Å². The van der Waals surface area contributed by atoms with Gasteiger partial charge in [-0.05, 0) is 45.0 Å². The molecule has 0 radical (unpaired) electrons. The van der Waals surface area contributed by atoms with Crippen LogP contribution in [0.25, 0.3) is 11.0 Å². The van der Waals surface area contributed by atoms with E-state index in [1.54, 1.807) is 6.20 Å². The molecule has 1 N–H and O–H groups in total. The average Bonchev–Trinajstić information content (AvgIpc) is 3.15. The molecule has 1 fully saturated rings. The van der Waals surface area contributed by atoms with Crippen LogP contribution >= 0.6 is 11.6 Å². The van der Waals surface area contributed by atoms with Crippen LogP contribution in [0.15, 0.2) is 35.3 Å². The number of hydrogen-bond acceptors (Lipinski definition) is 6. The highest BCUT2D eigenvalue weighted by molar-refractivity contribution is 6.30. The molecule has 1 aliphatic heterocycles. The highest BCUT2D eigenvalue weighted by Crippen LogP contribution is 2.20. The molecule has 0 unspecified atom stereocenters. The Morgan fingerprint density at radius 2 is 1.83 bits per heavy atom. The van der Waals surface area contributed by atoms with Crippen LogP contribution in [0.1, 0.15) is 20.8 Å². The summed E-state index contributed by atoms with van der Waals surface area (Å²) in [6.45, 7) is 10.9. The Balaban J connectivity index is 1.37. The van der Waals surface area contributed by atoms with Crippen molar-refractivity contribution in [2.24, 2.45) is 0 Å². The Hall–Kier alpha value is -2.58. The number of H-pyrrole nitrogens is 1. The normalized spacial score (nSPS) is 15.7. The predicted molar refractivity (Wildman–Crippen MR) is 119 cm³/mol. The van der Waals surface area contributed by atoms with Gasteiger partial charge in [-0.2, -0.15) is 10.1 Å². The lowest BCUT2D eigenvalue weighted by Crippen LogP contribution is -2.48. The second-order valence-electron chi connectivity index (χ2n) is 8.49. The lowest BCUT2D eigenvalue weighted by Gasteiger charge is -2.34. The molecule has 1 aliphatic rings. The molecule has 1 aromatic carbocycles. The fourth-order valence-electron chi connectivity index (χ4n) is 3.55. The standard InChI is InChI=1S/C21H27ClN6O2/c1-21(2,3)28-18-17(14-23-28)19(29)25-20(24-18)27-10-8-26(9-11-27)12-13-30-16-6-4-15(22)5-7-16/h4-7,14H,8-13H2,1-3H3,(H,24,25,29). The highest BCUT2D eigenvalue weighted by atomic mass is 35.5. The summed E-state index contributed by atoms with van der Waals surface area (Å²) < 4.78 is 7.60. The van der Waals surface area contributed by atoms with E-state index in [4.69, 9.17) is 21.3 Å². The van der Waals surface area contributed by atoms with Gasteiger partial charge in [-0.3, -0.25) is 14.7 Å². The van der Waals surface area contributed by atoms with E-state index in [0.29, 0.717) is 28.6 Å². The number of anilines is 1. The summed E-state index contributed by atoms with van der Waals surface area (Å²) in [5.41, 5.74) is 0.229. The molecular formula is C21H27ClN6O2. The zero-order valence-electron chi connectivity index (χ0n) is 17.6. The van der Waals surface area contributed by atoms with Gasteiger partial charge in [0.25, 0.3) is 5.56 Å². The summed E-state index contributed by atoms with van der Waals surface area (Å²) in [6.07, 6.45) is 1.59. The van der Waals surface area contributed by atoms with Crippen molar-refractivity contribution in [2.45, 2.75) is 26.3 Å². The summed E-state index contributed by atoms with van der Waals surface area (Å²) in [7, 11) is 0. The van der Waals surface area contributed by atoms with Crippen molar-refractivity contribution in [1.82, 2.24) is 24.6 Å². The third-order valence-electron chi connectivity index (χ3n) is 5.22. The minimum absolute atomic E-state index is 0.149. The average molecular weight is 431 g/mol. The second-order valence-corrected chi connectivity index (χ2v) is 8.92. The van der Waals surface area contributed by atoms with Gasteiger partial charge in [0.15, 0.2) is 5.65 Å². The lowest BCUT2D eigenvalue weighted by molar-refractivity contribution is 0.200. The van der Waals surface area contributed by atoms with E-state index in [2.05, 4.69) is 19.9 Å². The zero-order chi connectivity index (χ0) is 21.3. The summed E-state index contributed by atoms with van der Waals surface area (Å²) in [4.78, 5) is 24.7. The van der Waals surface area contributed by atoms with E-state index in [1.807, 2.05) is 49.7 Å². The molecule has 3 aromatic rings. The van der Waals surface area contributed by atoms with E-state index in [0.717, 1.165) is 38.5 Å². The molecular weight excluding hydrogens is 404 g/mol. The molecule has 160 valence electrons. The topological polar surface area (TPSA) is 79.3 Å². The van der Waals surface area contributed by atoms with Gasteiger partial charge in [0, 0.05) is 37.7 Å². The number of nitrogens with one attached hydrogen (secondary N) is 1. The van der Waals surface area contributed by atoms with Gasteiger partial charge in [-0.15, -0.1) is 0 Å². The SMILES string of the molecule is CC(C)(C)n1ncc2c(=O)[nH]c(N3CCN(CCOc4ccc(Cl)cc4)CC3)nc21. The minimum Gasteiger partial charge on any atom is -0.492 e. The summed E-state index contributed by atoms with van der Waals surface area (Å²) in [5.74, 6) is 1.43. The first-order chi connectivity index (χ1) is 14.3. The minimum atomic E-state index is -0.247. The van der Waals surface area contributed by atoms with Crippen LogP contribution in [-0.4, -0.2) is 64.0 Å². The van der Waals surface area contributed by atoms with Crippen molar-refractivity contribution in [3.05, 3.63) is 45.8 Å². The van der Waals surface area contributed by atoms with E-state index in [9.17, 15) is 4.79 Å². The van der Waals surface area contributed by atoms with Gasteiger partial charge in [0.2, 0.25) is 5.95 Å². The van der Waals surface area contributed by atoms with Gasteiger partial charge in [0.1, 0.15) is 17.7 Å². The van der Waals surface area contributed by atoms with Crippen molar-refractivity contribution < 1.29 is 4.74 Å². The maximum atomic E-state index is 12.5. The van der Waals surface area contributed by atoms with E-state index in [1.165, 1.54) is 0 Å². The fourth-order valence-corrected chi connectivity index (χ4v) is 3.68. The fraction of sp³-hybridized carbons (Fsp3) is 0.476. The molecule has 2 aromatic heterocycles. The number of piperazine rings is 1. The van der Waals surface area contributed by atoms with Gasteiger partial charge < -0.3 is 9.64 Å². The number of benzene rings is 1. The highest BCUT2D eigenvalue weighted by Gasteiger charge is 2.23. The number of fused-ring (bicyclic) bond motifs is 1. The summed E-state index contributed by atoms with van der Waals surface area (Å²) in [5, 5.41) is 5.60. The Morgan fingerprint density at radius 1 is 1.13 bits per heavy atom. The number of ether oxygens (including phenoxy) is 1. The lowest BCUT2D eigenvalue weighted by atomic mass is 10.1. The Labute approximate surface area is 180 Å². The smallest absolute Gasteiger partial charge is 0.263 e. The number of halogens is 1. The molecule has 30 heavy (non-hydrogen) atoms. The van der Waals surface area contributed by atoms with Crippen LogP contribution in [-0.2, 0) is 5.54 Å². The molecule has 0 amide bonds. The van der Waals surface area contributed by atoms with Gasteiger partial charge in [0.05, 0.1) is 11.7 Å². The maximum absolute atomic E-state index is 12.5. The van der Waals surface area contributed by atoms with Crippen molar-refractivity contribution in [1.29, 1.82) is 0 Å². The van der Waals surface area contributed by atoms with Crippen molar-refractivity contribution in [2.75, 3.05) is 44.2 Å².